The van der Waals surface area contributed by atoms with E-state index in [-0.39, 0.29) is 52.1 Å². The summed E-state index contributed by atoms with van der Waals surface area (Å²) in [5.74, 6) is 1.34. The van der Waals surface area contributed by atoms with Crippen LogP contribution in [0.4, 0.5) is 26.7 Å². The van der Waals surface area contributed by atoms with Crippen LogP contribution in [-0.4, -0.2) is 73.9 Å². The molecule has 5 rings (SSSR count). The van der Waals surface area contributed by atoms with Crippen LogP contribution in [0, 0.1) is 11.2 Å². The molecule has 3 aromatic rings. The second-order valence-electron chi connectivity index (χ2n) is 15.2. The molecule has 2 heterocycles. The fraction of sp³-hybridized carbons (Fsp3) is 0.500. The van der Waals surface area contributed by atoms with Gasteiger partial charge in [0.15, 0.2) is 11.4 Å². The zero-order chi connectivity index (χ0) is 42.0. The van der Waals surface area contributed by atoms with Crippen LogP contribution in [0.15, 0.2) is 60.0 Å². The largest absolute Gasteiger partial charge is 0.447 e. The van der Waals surface area contributed by atoms with Crippen molar-refractivity contribution in [2.75, 3.05) is 13.2 Å². The Bertz CT molecular complexity index is 2000. The molecule has 3 atom stereocenters. The van der Waals surface area contributed by atoms with Gasteiger partial charge in [-0.1, -0.05) is 64.1 Å². The Kier molecular flexibility index (Phi) is 13.0. The molecular formula is C38H48ClF5N10O3. The van der Waals surface area contributed by atoms with E-state index in [0.717, 1.165) is 31.0 Å². The van der Waals surface area contributed by atoms with Gasteiger partial charge in [-0.3, -0.25) is 15.8 Å². The quantitative estimate of drug-likeness (QED) is 0.0298. The van der Waals surface area contributed by atoms with Gasteiger partial charge in [-0.15, -0.1) is 0 Å². The molecule has 6 N–H and O–H groups in total. The van der Waals surface area contributed by atoms with Gasteiger partial charge >= 0.3 is 12.6 Å². The molecule has 310 valence electrons. The summed E-state index contributed by atoms with van der Waals surface area (Å²) in [4.78, 5) is 33.2. The van der Waals surface area contributed by atoms with Gasteiger partial charge in [0.25, 0.3) is 5.91 Å². The molecular weight excluding hydrogens is 775 g/mol. The maximum absolute atomic E-state index is 16.7. The smallest absolute Gasteiger partial charge is 0.407 e. The van der Waals surface area contributed by atoms with Gasteiger partial charge < -0.3 is 15.0 Å². The first kappa shape index (κ1) is 43.5. The Balaban J connectivity index is 1.58. The minimum Gasteiger partial charge on any atom is -0.447 e. The number of nitrogens with one attached hydrogen (secondary N) is 2. The minimum atomic E-state index is -3.08. The molecule has 1 aliphatic heterocycles. The van der Waals surface area contributed by atoms with Gasteiger partial charge in [0.2, 0.25) is 5.92 Å². The molecule has 19 heteroatoms. The van der Waals surface area contributed by atoms with Gasteiger partial charge in [-0.25, -0.2) is 33.9 Å². The Hall–Kier alpha value is -4.65. The lowest BCUT2D eigenvalue weighted by atomic mass is 9.71. The number of nitrogens with zero attached hydrogens (tertiary/aromatic N) is 6. The Labute approximate surface area is 332 Å². The van der Waals surface area contributed by atoms with Gasteiger partial charge in [0.05, 0.1) is 22.8 Å². The highest BCUT2D eigenvalue weighted by molar-refractivity contribution is 6.33. The third-order valence-corrected chi connectivity index (χ3v) is 10.2. The summed E-state index contributed by atoms with van der Waals surface area (Å²) >= 11 is 6.48. The molecule has 2 aromatic carbocycles. The lowest BCUT2D eigenvalue weighted by molar-refractivity contribution is -0.136. The molecule has 2 amide bonds. The normalized spacial score (nSPS) is 19.6. The molecule has 0 bridgehead atoms. The molecule has 2 aliphatic rings. The van der Waals surface area contributed by atoms with E-state index in [1.165, 1.54) is 35.4 Å². The van der Waals surface area contributed by atoms with Crippen LogP contribution in [-0.2, 0) is 15.1 Å². The highest BCUT2D eigenvalue weighted by Gasteiger charge is 2.58. The second-order valence-corrected chi connectivity index (χ2v) is 15.7. The third kappa shape index (κ3) is 9.56. The number of rotatable bonds is 16. The second kappa shape index (κ2) is 17.1. The van der Waals surface area contributed by atoms with Crippen LogP contribution in [0.3, 0.4) is 0 Å². The molecule has 2 unspecified atom stereocenters. The van der Waals surface area contributed by atoms with Crippen molar-refractivity contribution >= 4 is 29.3 Å². The Morgan fingerprint density at radius 1 is 1.21 bits per heavy atom. The standard InChI is InChI=1S/C38H48ClF5N10O3/c1-7-29(51-54(46)24-11-12-24)22-9-13-26(28(40)18-22)38(21(2)36(3,4)5)32(55)52(34(45)50-38)30(19-57-35(56)47-16-8-15-37(6,43)44)23-10-14-27(39)25(17-23)31-48-20-49-53(31)33(41)42/h9-10,13-14,17-18,20,24,30,33-34,50H,2,7-8,11-12,15-16,19,45-46H2,1,3-6H3,(H,47,56)/b51-29+/t30?,34?,38-/m1/s1. The van der Waals surface area contributed by atoms with Crippen LogP contribution >= 0.6 is 11.6 Å². The topological polar surface area (TPSA) is 169 Å². The van der Waals surface area contributed by atoms with E-state index in [2.05, 4.69) is 32.4 Å². The highest BCUT2D eigenvalue weighted by Crippen LogP contribution is 2.47. The number of hydrazine groups is 1. The van der Waals surface area contributed by atoms with E-state index in [1.807, 2.05) is 6.92 Å². The fourth-order valence-electron chi connectivity index (χ4n) is 6.67. The molecule has 0 spiro atoms. The summed E-state index contributed by atoms with van der Waals surface area (Å²) in [5, 5.41) is 15.0. The van der Waals surface area contributed by atoms with Crippen molar-refractivity contribution in [2.24, 2.45) is 22.1 Å². The fourth-order valence-corrected chi connectivity index (χ4v) is 6.88. The van der Waals surface area contributed by atoms with Crippen molar-refractivity contribution in [1.82, 2.24) is 35.4 Å². The van der Waals surface area contributed by atoms with E-state index in [4.69, 9.17) is 27.9 Å². The monoisotopic (exact) mass is 822 g/mol. The van der Waals surface area contributed by atoms with Crippen LogP contribution in [0.1, 0.15) is 96.0 Å². The zero-order valence-electron chi connectivity index (χ0n) is 32.3. The van der Waals surface area contributed by atoms with Gasteiger partial charge in [-0.05, 0) is 67.4 Å². The van der Waals surface area contributed by atoms with Crippen molar-refractivity contribution in [3.05, 3.63) is 82.4 Å². The van der Waals surface area contributed by atoms with Crippen molar-refractivity contribution in [3.8, 4) is 11.4 Å². The van der Waals surface area contributed by atoms with Crippen LogP contribution < -0.4 is 22.2 Å². The number of carbonyl (C=O) groups excluding carboxylic acids is 2. The molecule has 1 saturated carbocycles. The predicted molar refractivity (Wildman–Crippen MR) is 204 cm³/mol. The maximum Gasteiger partial charge on any atom is 0.407 e. The van der Waals surface area contributed by atoms with Gasteiger partial charge in [-0.2, -0.15) is 23.7 Å². The first-order valence-electron chi connectivity index (χ1n) is 18.4. The summed E-state index contributed by atoms with van der Waals surface area (Å²) in [6.07, 6.45) is 0.268. The summed E-state index contributed by atoms with van der Waals surface area (Å²) < 4.78 is 77.1. The number of benzene rings is 2. The number of carbonyl (C=O) groups is 2. The number of alkyl carbamates (subject to hydrolysis) is 1. The van der Waals surface area contributed by atoms with E-state index in [1.54, 1.807) is 26.8 Å². The van der Waals surface area contributed by atoms with Crippen molar-refractivity contribution in [2.45, 2.75) is 103 Å². The Morgan fingerprint density at radius 3 is 2.51 bits per heavy atom. The molecule has 1 aliphatic carbocycles. The molecule has 1 aromatic heterocycles. The highest BCUT2D eigenvalue weighted by atomic mass is 35.5. The van der Waals surface area contributed by atoms with E-state index in [9.17, 15) is 22.4 Å². The number of aromatic nitrogens is 3. The van der Waals surface area contributed by atoms with Gasteiger partial charge in [0, 0.05) is 29.7 Å². The number of hydrazone groups is 1. The minimum absolute atomic E-state index is 0.00760. The lowest BCUT2D eigenvalue weighted by Crippen LogP contribution is -2.51. The predicted octanol–water partition coefficient (Wildman–Crippen LogP) is 6.96. The molecule has 13 nitrogen and oxygen atoms in total. The average Bonchev–Trinajstić information content (AvgIpc) is 3.81. The molecule has 2 fully saturated rings. The number of nitrogens with two attached hydrogens (primary N) is 2. The number of halogens is 6. The first-order valence-corrected chi connectivity index (χ1v) is 18.8. The number of alkyl halides is 4. The summed E-state index contributed by atoms with van der Waals surface area (Å²) in [6, 6.07) is 7.44. The summed E-state index contributed by atoms with van der Waals surface area (Å²) in [6.45, 7) is 8.50. The Morgan fingerprint density at radius 2 is 1.91 bits per heavy atom. The van der Waals surface area contributed by atoms with Crippen LogP contribution in [0.25, 0.3) is 11.4 Å². The van der Waals surface area contributed by atoms with Crippen molar-refractivity contribution in [3.63, 3.8) is 0 Å². The molecule has 1 saturated heterocycles. The van der Waals surface area contributed by atoms with Crippen molar-refractivity contribution in [1.29, 1.82) is 0 Å². The zero-order valence-corrected chi connectivity index (χ0v) is 33.1. The van der Waals surface area contributed by atoms with Gasteiger partial charge in [0.1, 0.15) is 25.0 Å². The number of amides is 2. The number of hydrogen-bond donors (Lipinski definition) is 4. The number of hydrogen-bond acceptors (Lipinski definition) is 10. The van der Waals surface area contributed by atoms with Crippen molar-refractivity contribution < 1.29 is 36.3 Å². The maximum atomic E-state index is 16.7. The number of ether oxygens (including phenoxy) is 1. The van der Waals surface area contributed by atoms with E-state index in [0.29, 0.717) is 22.4 Å². The average molecular weight is 823 g/mol. The van der Waals surface area contributed by atoms with Crippen LogP contribution in [0.5, 0.6) is 0 Å². The summed E-state index contributed by atoms with van der Waals surface area (Å²) in [5.41, 5.74) is 5.28. The van der Waals surface area contributed by atoms with E-state index < -0.39 is 66.6 Å². The first-order chi connectivity index (χ1) is 26.7. The third-order valence-electron chi connectivity index (χ3n) is 9.92. The summed E-state index contributed by atoms with van der Waals surface area (Å²) in [7, 11) is 0. The lowest BCUT2D eigenvalue weighted by Gasteiger charge is -2.38. The van der Waals surface area contributed by atoms with Crippen LogP contribution in [0.2, 0.25) is 5.02 Å². The van der Waals surface area contributed by atoms with E-state index >= 15 is 9.18 Å². The SMILES string of the molecule is C=C(C(C)(C)C)[C@]1(c2ccc(/C(CC)=N/N(N)C3CC3)cc2F)NC(N)N(C(COC(=O)NCCCC(C)(F)F)c2ccc(Cl)c(-c3ncnn3C(F)F)c2)C1=O. The molecule has 57 heavy (non-hydrogen) atoms. The molecule has 0 radical (unpaired) electrons.